The van der Waals surface area contributed by atoms with Gasteiger partial charge in [-0.2, -0.15) is 5.10 Å². The molecule has 1 aliphatic rings. The average Bonchev–Trinajstić information content (AvgIpc) is 2.79. The van der Waals surface area contributed by atoms with Crippen LogP contribution in [0.3, 0.4) is 0 Å². The molecule has 19 heavy (non-hydrogen) atoms. The summed E-state index contributed by atoms with van der Waals surface area (Å²) in [4.78, 5) is 13.1. The molecule has 0 unspecified atom stereocenters. The van der Waals surface area contributed by atoms with E-state index in [1.165, 1.54) is 12.1 Å². The van der Waals surface area contributed by atoms with Crippen LogP contribution in [0.5, 0.6) is 0 Å². The summed E-state index contributed by atoms with van der Waals surface area (Å²) in [5.74, 6) is 0.124. The molecule has 0 N–H and O–H groups in total. The van der Waals surface area contributed by atoms with E-state index >= 15 is 0 Å². The third kappa shape index (κ3) is 2.33. The van der Waals surface area contributed by atoms with Gasteiger partial charge in [-0.05, 0) is 24.3 Å². The van der Waals surface area contributed by atoms with E-state index in [0.717, 1.165) is 10.5 Å². The minimum atomic E-state index is -0.379. The summed E-state index contributed by atoms with van der Waals surface area (Å²) in [7, 11) is 1.82. The van der Waals surface area contributed by atoms with E-state index in [2.05, 4.69) is 5.10 Å². The third-order valence-corrected chi connectivity index (χ3v) is 4.05. The molecule has 5 heteroatoms. The van der Waals surface area contributed by atoms with E-state index in [9.17, 15) is 9.18 Å². The maximum absolute atomic E-state index is 13.2. The van der Waals surface area contributed by atoms with E-state index < -0.39 is 0 Å². The lowest BCUT2D eigenvalue weighted by Gasteiger charge is -2.16. The van der Waals surface area contributed by atoms with Gasteiger partial charge >= 0.3 is 0 Å². The van der Waals surface area contributed by atoms with Gasteiger partial charge in [0.2, 0.25) is 0 Å². The Hall–Kier alpha value is -1.88. The fourth-order valence-corrected chi connectivity index (χ4v) is 3.02. The second kappa shape index (κ2) is 4.66. The first-order chi connectivity index (χ1) is 9.13. The number of fused-ring (bicyclic) bond motifs is 1. The number of carbonyl (C=O) groups is 1. The first-order valence-electron chi connectivity index (χ1n) is 5.80. The maximum atomic E-state index is 13.2. The number of aryl methyl sites for hydroxylation is 1. The molecule has 96 valence electrons. The lowest BCUT2D eigenvalue weighted by molar-refractivity contribution is 0.103. The number of hydrogen-bond acceptors (Lipinski definition) is 3. The summed E-state index contributed by atoms with van der Waals surface area (Å²) in [6, 6.07) is 4.35. The Labute approximate surface area is 114 Å². The molecular formula is C14H11FN2OS. The van der Waals surface area contributed by atoms with E-state index in [1.807, 2.05) is 19.3 Å². The highest BCUT2D eigenvalue weighted by atomic mass is 32.2. The number of rotatable bonds is 1. The van der Waals surface area contributed by atoms with Crippen molar-refractivity contribution in [2.45, 2.75) is 4.90 Å². The van der Waals surface area contributed by atoms with Gasteiger partial charge in [-0.3, -0.25) is 9.48 Å². The Kier molecular flexibility index (Phi) is 2.98. The molecular weight excluding hydrogens is 263 g/mol. The monoisotopic (exact) mass is 274 g/mol. The number of hydrogen-bond donors (Lipinski definition) is 0. The zero-order chi connectivity index (χ0) is 13.4. The summed E-state index contributed by atoms with van der Waals surface area (Å²) in [5, 5.41) is 4.06. The Morgan fingerprint density at radius 1 is 1.47 bits per heavy atom. The minimum Gasteiger partial charge on any atom is -0.289 e. The van der Waals surface area contributed by atoms with Gasteiger partial charge in [-0.25, -0.2) is 4.39 Å². The predicted molar refractivity (Wildman–Crippen MR) is 72.6 cm³/mol. The molecule has 0 amide bonds. The van der Waals surface area contributed by atoms with E-state index in [1.54, 1.807) is 28.7 Å². The van der Waals surface area contributed by atoms with Crippen LogP contribution in [0, 0.1) is 5.82 Å². The molecule has 0 saturated carbocycles. The van der Waals surface area contributed by atoms with Gasteiger partial charge < -0.3 is 0 Å². The molecule has 0 atom stereocenters. The smallest absolute Gasteiger partial charge is 0.191 e. The molecule has 3 rings (SSSR count). The average molecular weight is 274 g/mol. The van der Waals surface area contributed by atoms with E-state index in [-0.39, 0.29) is 11.6 Å². The van der Waals surface area contributed by atoms with Gasteiger partial charge in [0.1, 0.15) is 5.82 Å². The SMILES string of the molecule is Cn1cc(/C=C2\CSc3ccc(F)cc3C2=O)cn1. The van der Waals surface area contributed by atoms with Crippen molar-refractivity contribution in [1.29, 1.82) is 0 Å². The third-order valence-electron chi connectivity index (χ3n) is 2.93. The normalized spacial score (nSPS) is 16.7. The molecule has 1 aromatic heterocycles. The molecule has 1 aromatic carbocycles. The topological polar surface area (TPSA) is 34.9 Å². The maximum Gasteiger partial charge on any atom is 0.191 e. The van der Waals surface area contributed by atoms with Crippen LogP contribution in [0.4, 0.5) is 4.39 Å². The molecule has 0 aliphatic carbocycles. The summed E-state index contributed by atoms with van der Waals surface area (Å²) in [6.45, 7) is 0. The minimum absolute atomic E-state index is 0.0999. The number of ketones is 1. The quantitative estimate of drug-likeness (QED) is 0.750. The largest absolute Gasteiger partial charge is 0.289 e. The standard InChI is InChI=1S/C14H11FN2OS/c1-17-7-9(6-16-17)4-10-8-19-13-3-2-11(15)5-12(13)14(10)18/h2-7H,8H2,1H3/b10-4+. The molecule has 0 spiro atoms. The number of benzene rings is 1. The van der Waals surface area contributed by atoms with E-state index in [0.29, 0.717) is 16.9 Å². The summed E-state index contributed by atoms with van der Waals surface area (Å²) >= 11 is 1.55. The Morgan fingerprint density at radius 2 is 2.32 bits per heavy atom. The van der Waals surface area contributed by atoms with Crippen molar-refractivity contribution in [3.05, 3.63) is 53.1 Å². The summed E-state index contributed by atoms with van der Waals surface area (Å²) < 4.78 is 14.9. The van der Waals surface area contributed by atoms with Gasteiger partial charge in [0.15, 0.2) is 5.78 Å². The van der Waals surface area contributed by atoms with Crippen LogP contribution in [0.2, 0.25) is 0 Å². The van der Waals surface area contributed by atoms with Crippen molar-refractivity contribution >= 4 is 23.6 Å². The molecule has 2 aromatic rings. The number of halogens is 1. The van der Waals surface area contributed by atoms with Crippen LogP contribution in [0.1, 0.15) is 15.9 Å². The zero-order valence-electron chi connectivity index (χ0n) is 10.3. The fourth-order valence-electron chi connectivity index (χ4n) is 2.02. The van der Waals surface area contributed by atoms with Crippen molar-refractivity contribution < 1.29 is 9.18 Å². The Bertz CT molecular complexity index is 691. The number of nitrogens with zero attached hydrogens (tertiary/aromatic N) is 2. The van der Waals surface area contributed by atoms with Crippen LogP contribution < -0.4 is 0 Å². The molecule has 0 bridgehead atoms. The van der Waals surface area contributed by atoms with Crippen molar-refractivity contribution in [3.8, 4) is 0 Å². The summed E-state index contributed by atoms with van der Waals surface area (Å²) in [5.41, 5.74) is 2.01. The molecule has 1 aliphatic heterocycles. The van der Waals surface area contributed by atoms with Crippen LogP contribution in [-0.4, -0.2) is 21.3 Å². The lowest BCUT2D eigenvalue weighted by Crippen LogP contribution is -2.12. The Morgan fingerprint density at radius 3 is 3.05 bits per heavy atom. The van der Waals surface area contributed by atoms with Gasteiger partial charge in [0.05, 0.1) is 6.20 Å². The number of thioether (sulfide) groups is 1. The van der Waals surface area contributed by atoms with E-state index in [4.69, 9.17) is 0 Å². The second-order valence-corrected chi connectivity index (χ2v) is 5.39. The fraction of sp³-hybridized carbons (Fsp3) is 0.143. The van der Waals surface area contributed by atoms with Crippen molar-refractivity contribution in [2.75, 3.05) is 5.75 Å². The molecule has 3 nitrogen and oxygen atoms in total. The molecule has 0 saturated heterocycles. The van der Waals surface area contributed by atoms with Crippen molar-refractivity contribution in [1.82, 2.24) is 9.78 Å². The van der Waals surface area contributed by atoms with Gasteiger partial charge in [0, 0.05) is 40.6 Å². The first kappa shape index (κ1) is 12.2. The van der Waals surface area contributed by atoms with Crippen molar-refractivity contribution in [3.63, 3.8) is 0 Å². The highest BCUT2D eigenvalue weighted by Gasteiger charge is 2.23. The van der Waals surface area contributed by atoms with Crippen molar-refractivity contribution in [2.24, 2.45) is 7.05 Å². The van der Waals surface area contributed by atoms with Crippen LogP contribution in [0.15, 0.2) is 41.1 Å². The van der Waals surface area contributed by atoms with Crippen LogP contribution >= 0.6 is 11.8 Å². The second-order valence-electron chi connectivity index (χ2n) is 4.38. The first-order valence-corrected chi connectivity index (χ1v) is 6.78. The molecule has 0 fully saturated rings. The Balaban J connectivity index is 1.99. The molecule has 0 radical (unpaired) electrons. The van der Waals surface area contributed by atoms with Crippen LogP contribution in [-0.2, 0) is 7.05 Å². The highest BCUT2D eigenvalue weighted by molar-refractivity contribution is 7.99. The van der Waals surface area contributed by atoms with Crippen LogP contribution in [0.25, 0.3) is 6.08 Å². The summed E-state index contributed by atoms with van der Waals surface area (Å²) in [6.07, 6.45) is 5.36. The highest BCUT2D eigenvalue weighted by Crippen LogP contribution is 2.33. The number of Topliss-reactive ketones (excluding diaryl/α,β-unsaturated/α-hetero) is 1. The van der Waals surface area contributed by atoms with Gasteiger partial charge in [-0.15, -0.1) is 11.8 Å². The number of carbonyl (C=O) groups excluding carboxylic acids is 1. The predicted octanol–water partition coefficient (Wildman–Crippen LogP) is 2.93. The van der Waals surface area contributed by atoms with Gasteiger partial charge in [0.25, 0.3) is 0 Å². The van der Waals surface area contributed by atoms with Gasteiger partial charge in [-0.1, -0.05) is 0 Å². The lowest BCUT2D eigenvalue weighted by atomic mass is 10.0. The zero-order valence-corrected chi connectivity index (χ0v) is 11.1. The molecule has 2 heterocycles. The number of aromatic nitrogens is 2.